The van der Waals surface area contributed by atoms with Crippen LogP contribution in [-0.4, -0.2) is 14.2 Å². The first-order valence-corrected chi connectivity index (χ1v) is 8.31. The van der Waals surface area contributed by atoms with Gasteiger partial charge in [-0.3, -0.25) is 0 Å². The van der Waals surface area contributed by atoms with Crippen LogP contribution in [-0.2, 0) is 6.54 Å². The van der Waals surface area contributed by atoms with Crippen molar-refractivity contribution in [1.82, 2.24) is 0 Å². The quantitative estimate of drug-likeness (QED) is 0.536. The van der Waals surface area contributed by atoms with Crippen molar-refractivity contribution in [2.45, 2.75) is 6.54 Å². The van der Waals surface area contributed by atoms with E-state index >= 15 is 0 Å². The molecule has 3 aromatic rings. The average Bonchev–Trinajstić information content (AvgIpc) is 2.70. The van der Waals surface area contributed by atoms with Crippen LogP contribution in [0.3, 0.4) is 0 Å². The Bertz CT molecular complexity index is 939. The van der Waals surface area contributed by atoms with Gasteiger partial charge in [-0.2, -0.15) is 0 Å². The minimum absolute atomic E-state index is 0.594. The molecule has 0 unspecified atom stereocenters. The average molecular weight is 349 g/mol. The van der Waals surface area contributed by atoms with Crippen molar-refractivity contribution in [3.05, 3.63) is 66.2 Å². The first-order valence-electron chi connectivity index (χ1n) is 8.31. The summed E-state index contributed by atoms with van der Waals surface area (Å²) in [5.41, 5.74) is 1.93. The van der Waals surface area contributed by atoms with Crippen molar-refractivity contribution >= 4 is 5.69 Å². The maximum atomic E-state index is 5.94. The second-order valence-corrected chi connectivity index (χ2v) is 5.82. The molecule has 0 spiro atoms. The van der Waals surface area contributed by atoms with Crippen LogP contribution in [0.15, 0.2) is 60.7 Å². The minimum Gasteiger partial charge on any atom is -0.493 e. The number of methoxy groups -OCH3 is 2. The number of anilines is 1. The van der Waals surface area contributed by atoms with Gasteiger partial charge in [0.2, 0.25) is 0 Å². The van der Waals surface area contributed by atoms with E-state index in [0.29, 0.717) is 29.5 Å². The molecule has 0 saturated carbocycles. The van der Waals surface area contributed by atoms with Crippen LogP contribution in [0.5, 0.6) is 34.5 Å². The normalized spacial score (nSPS) is 11.5. The molecule has 0 radical (unpaired) electrons. The topological polar surface area (TPSA) is 49.0 Å². The summed E-state index contributed by atoms with van der Waals surface area (Å²) in [5, 5.41) is 3.39. The highest BCUT2D eigenvalue weighted by Gasteiger charge is 2.18. The molecule has 5 nitrogen and oxygen atoms in total. The van der Waals surface area contributed by atoms with Crippen LogP contribution in [0.2, 0.25) is 0 Å². The third-order valence-electron chi connectivity index (χ3n) is 4.20. The second-order valence-electron chi connectivity index (χ2n) is 5.82. The molecule has 132 valence electrons. The van der Waals surface area contributed by atoms with E-state index in [2.05, 4.69) is 5.32 Å². The van der Waals surface area contributed by atoms with E-state index in [9.17, 15) is 0 Å². The number of rotatable bonds is 5. The van der Waals surface area contributed by atoms with Gasteiger partial charge in [-0.05, 0) is 30.3 Å². The zero-order valence-corrected chi connectivity index (χ0v) is 14.6. The van der Waals surface area contributed by atoms with E-state index in [1.165, 1.54) is 0 Å². The Kier molecular flexibility index (Phi) is 4.27. The largest absolute Gasteiger partial charge is 0.493 e. The molecular weight excluding hydrogens is 330 g/mol. The molecule has 0 saturated heterocycles. The molecule has 0 aromatic heterocycles. The van der Waals surface area contributed by atoms with Gasteiger partial charge in [0.1, 0.15) is 0 Å². The summed E-state index contributed by atoms with van der Waals surface area (Å²) >= 11 is 0. The molecule has 0 aliphatic carbocycles. The first kappa shape index (κ1) is 16.1. The standard InChI is InChI=1S/C21H19NO4/c1-23-19-9-5-6-14(21(19)24-2)13-22-15-10-11-18-20(12-15)26-17-8-4-3-7-16(17)25-18/h3-12,22H,13H2,1-2H3. The van der Waals surface area contributed by atoms with Crippen LogP contribution >= 0.6 is 0 Å². The molecule has 0 amide bonds. The van der Waals surface area contributed by atoms with Crippen molar-refractivity contribution in [1.29, 1.82) is 0 Å². The number of hydrogen-bond acceptors (Lipinski definition) is 5. The Labute approximate surface area is 152 Å². The second kappa shape index (κ2) is 6.88. The number of nitrogens with one attached hydrogen (secondary N) is 1. The van der Waals surface area contributed by atoms with Gasteiger partial charge >= 0.3 is 0 Å². The Morgan fingerprint density at radius 1 is 0.769 bits per heavy atom. The van der Waals surface area contributed by atoms with Crippen molar-refractivity contribution in [3.63, 3.8) is 0 Å². The fourth-order valence-electron chi connectivity index (χ4n) is 2.93. The Hall–Kier alpha value is -3.34. The molecule has 26 heavy (non-hydrogen) atoms. The van der Waals surface area contributed by atoms with Gasteiger partial charge < -0.3 is 24.3 Å². The van der Waals surface area contributed by atoms with Crippen LogP contribution < -0.4 is 24.3 Å². The fraction of sp³-hybridized carbons (Fsp3) is 0.143. The van der Waals surface area contributed by atoms with Gasteiger partial charge in [-0.1, -0.05) is 24.3 Å². The lowest BCUT2D eigenvalue weighted by Gasteiger charge is -2.21. The summed E-state index contributed by atoms with van der Waals surface area (Å²) in [7, 11) is 3.27. The number of para-hydroxylation sites is 3. The monoisotopic (exact) mass is 349 g/mol. The maximum absolute atomic E-state index is 5.94. The zero-order chi connectivity index (χ0) is 17.9. The summed E-state index contributed by atoms with van der Waals surface area (Å²) in [5.74, 6) is 4.27. The van der Waals surface area contributed by atoms with Gasteiger partial charge in [-0.15, -0.1) is 0 Å². The first-order chi connectivity index (χ1) is 12.8. The highest BCUT2D eigenvalue weighted by molar-refractivity contribution is 5.61. The number of fused-ring (bicyclic) bond motifs is 2. The summed E-state index contributed by atoms with van der Waals surface area (Å²) in [6.45, 7) is 0.594. The van der Waals surface area contributed by atoms with Crippen LogP contribution in [0.4, 0.5) is 5.69 Å². The summed E-state index contributed by atoms with van der Waals surface area (Å²) in [6.07, 6.45) is 0. The van der Waals surface area contributed by atoms with E-state index in [-0.39, 0.29) is 0 Å². The van der Waals surface area contributed by atoms with Crippen molar-refractivity contribution < 1.29 is 18.9 Å². The predicted molar refractivity (Wildman–Crippen MR) is 99.9 cm³/mol. The van der Waals surface area contributed by atoms with Gasteiger partial charge in [0.15, 0.2) is 34.5 Å². The van der Waals surface area contributed by atoms with E-state index in [4.69, 9.17) is 18.9 Å². The highest BCUT2D eigenvalue weighted by atomic mass is 16.6. The minimum atomic E-state index is 0.594. The number of hydrogen-bond donors (Lipinski definition) is 1. The van der Waals surface area contributed by atoms with Crippen LogP contribution in [0, 0.1) is 0 Å². The molecule has 5 heteroatoms. The van der Waals surface area contributed by atoms with E-state index in [1.54, 1.807) is 14.2 Å². The molecular formula is C21H19NO4. The molecule has 1 aliphatic rings. The SMILES string of the molecule is COc1cccc(CNc2ccc3c(c2)Oc2ccccc2O3)c1OC. The third kappa shape index (κ3) is 2.99. The van der Waals surface area contributed by atoms with Crippen LogP contribution in [0.25, 0.3) is 0 Å². The van der Waals surface area contributed by atoms with Crippen LogP contribution in [0.1, 0.15) is 5.56 Å². The number of ether oxygens (including phenoxy) is 4. The Morgan fingerprint density at radius 3 is 2.23 bits per heavy atom. The molecule has 3 aromatic carbocycles. The fourth-order valence-corrected chi connectivity index (χ4v) is 2.93. The Balaban J connectivity index is 1.53. The molecule has 1 aliphatic heterocycles. The molecule has 0 atom stereocenters. The van der Waals surface area contributed by atoms with Crippen molar-refractivity contribution in [3.8, 4) is 34.5 Å². The lowest BCUT2D eigenvalue weighted by atomic mass is 10.1. The van der Waals surface area contributed by atoms with Crippen molar-refractivity contribution in [2.24, 2.45) is 0 Å². The van der Waals surface area contributed by atoms with Gasteiger partial charge in [0.25, 0.3) is 0 Å². The maximum Gasteiger partial charge on any atom is 0.172 e. The lowest BCUT2D eigenvalue weighted by molar-refractivity contribution is 0.352. The third-order valence-corrected chi connectivity index (χ3v) is 4.20. The van der Waals surface area contributed by atoms with Gasteiger partial charge in [-0.25, -0.2) is 0 Å². The molecule has 1 N–H and O–H groups in total. The molecule has 0 fully saturated rings. The van der Waals surface area contributed by atoms with Crippen molar-refractivity contribution in [2.75, 3.05) is 19.5 Å². The zero-order valence-electron chi connectivity index (χ0n) is 14.6. The summed E-state index contributed by atoms with van der Waals surface area (Å²) in [6, 6.07) is 19.2. The molecule has 1 heterocycles. The molecule has 4 rings (SSSR count). The highest BCUT2D eigenvalue weighted by Crippen LogP contribution is 2.45. The smallest absolute Gasteiger partial charge is 0.172 e. The summed E-state index contributed by atoms with van der Waals surface area (Å²) < 4.78 is 22.6. The van der Waals surface area contributed by atoms with E-state index < -0.39 is 0 Å². The Morgan fingerprint density at radius 2 is 1.50 bits per heavy atom. The molecule has 0 bridgehead atoms. The van der Waals surface area contributed by atoms with Gasteiger partial charge in [0.05, 0.1) is 14.2 Å². The van der Waals surface area contributed by atoms with E-state index in [1.807, 2.05) is 60.7 Å². The number of benzene rings is 3. The predicted octanol–water partition coefficient (Wildman–Crippen LogP) is 5.21. The summed E-state index contributed by atoms with van der Waals surface area (Å²) in [4.78, 5) is 0. The lowest BCUT2D eigenvalue weighted by Crippen LogP contribution is -2.04. The van der Waals surface area contributed by atoms with E-state index in [0.717, 1.165) is 22.7 Å². The van der Waals surface area contributed by atoms with Gasteiger partial charge in [0, 0.05) is 23.9 Å².